The standard InChI is InChI=1S/C19H17N5O2/c1-20-19(26)15-5-2-14(3-6-15)4-9-18(25)23-16-7-8-17(22-12-16)24-11-10-21-13-24/h2-13H,1H3,(H,20,26)(H,23,25)/b9-4+. The van der Waals surface area contributed by atoms with Crippen LogP contribution in [0, 0.1) is 0 Å². The summed E-state index contributed by atoms with van der Waals surface area (Å²) in [5.41, 5.74) is 1.98. The van der Waals surface area contributed by atoms with E-state index in [4.69, 9.17) is 0 Å². The maximum absolute atomic E-state index is 12.0. The number of carbonyl (C=O) groups excluding carboxylic acids is 2. The number of anilines is 1. The molecule has 3 rings (SSSR count). The average molecular weight is 347 g/mol. The van der Waals surface area contributed by atoms with Crippen LogP contribution in [0.3, 0.4) is 0 Å². The number of amides is 2. The van der Waals surface area contributed by atoms with Crippen molar-refractivity contribution >= 4 is 23.6 Å². The maximum Gasteiger partial charge on any atom is 0.251 e. The van der Waals surface area contributed by atoms with E-state index in [0.29, 0.717) is 17.1 Å². The van der Waals surface area contributed by atoms with Gasteiger partial charge in [0.25, 0.3) is 5.91 Å². The molecule has 2 amide bonds. The first-order valence-electron chi connectivity index (χ1n) is 7.91. The van der Waals surface area contributed by atoms with Gasteiger partial charge >= 0.3 is 0 Å². The van der Waals surface area contributed by atoms with E-state index in [0.717, 1.165) is 5.56 Å². The predicted octanol–water partition coefficient (Wildman–Crippen LogP) is 2.28. The van der Waals surface area contributed by atoms with Gasteiger partial charge in [-0.05, 0) is 35.9 Å². The summed E-state index contributed by atoms with van der Waals surface area (Å²) in [5.74, 6) is 0.301. The molecule has 2 aromatic heterocycles. The Balaban J connectivity index is 1.59. The second-order valence-electron chi connectivity index (χ2n) is 5.40. The molecule has 7 nitrogen and oxygen atoms in total. The van der Waals surface area contributed by atoms with Crippen LogP contribution >= 0.6 is 0 Å². The molecule has 0 bridgehead atoms. The largest absolute Gasteiger partial charge is 0.355 e. The number of hydrogen-bond donors (Lipinski definition) is 2. The Bertz CT molecular complexity index is 914. The van der Waals surface area contributed by atoms with Crippen LogP contribution in [-0.4, -0.2) is 33.4 Å². The summed E-state index contributed by atoms with van der Waals surface area (Å²) >= 11 is 0. The van der Waals surface area contributed by atoms with Crippen molar-refractivity contribution in [3.8, 4) is 5.82 Å². The summed E-state index contributed by atoms with van der Waals surface area (Å²) in [6, 6.07) is 10.5. The third-order valence-corrected chi connectivity index (χ3v) is 3.61. The van der Waals surface area contributed by atoms with Gasteiger partial charge in [0.15, 0.2) is 0 Å². The van der Waals surface area contributed by atoms with E-state index in [9.17, 15) is 9.59 Å². The van der Waals surface area contributed by atoms with Gasteiger partial charge in [0, 0.05) is 31.1 Å². The Morgan fingerprint density at radius 3 is 2.54 bits per heavy atom. The van der Waals surface area contributed by atoms with Crippen LogP contribution in [0.15, 0.2) is 67.4 Å². The van der Waals surface area contributed by atoms with Gasteiger partial charge in [0.1, 0.15) is 12.1 Å². The summed E-state index contributed by atoms with van der Waals surface area (Å²) in [7, 11) is 1.58. The highest BCUT2D eigenvalue weighted by molar-refractivity contribution is 6.02. The van der Waals surface area contributed by atoms with E-state index in [1.54, 1.807) is 79.0 Å². The fourth-order valence-electron chi connectivity index (χ4n) is 2.25. The summed E-state index contributed by atoms with van der Waals surface area (Å²) in [6.45, 7) is 0. The Labute approximate surface area is 150 Å². The highest BCUT2D eigenvalue weighted by Gasteiger charge is 2.03. The van der Waals surface area contributed by atoms with Gasteiger partial charge in [-0.3, -0.25) is 14.2 Å². The van der Waals surface area contributed by atoms with Crippen LogP contribution in [0.1, 0.15) is 15.9 Å². The van der Waals surface area contributed by atoms with Gasteiger partial charge in [0.05, 0.1) is 11.9 Å². The highest BCUT2D eigenvalue weighted by Crippen LogP contribution is 2.10. The molecule has 0 aliphatic rings. The van der Waals surface area contributed by atoms with E-state index in [-0.39, 0.29) is 11.8 Å². The van der Waals surface area contributed by atoms with Gasteiger partial charge in [-0.1, -0.05) is 12.1 Å². The number of carbonyl (C=O) groups is 2. The maximum atomic E-state index is 12.0. The second kappa shape index (κ2) is 7.89. The lowest BCUT2D eigenvalue weighted by Gasteiger charge is -2.04. The van der Waals surface area contributed by atoms with Crippen LogP contribution in [0.5, 0.6) is 0 Å². The first kappa shape index (κ1) is 17.1. The van der Waals surface area contributed by atoms with Gasteiger partial charge in [0.2, 0.25) is 5.91 Å². The van der Waals surface area contributed by atoms with Crippen molar-refractivity contribution in [1.82, 2.24) is 19.9 Å². The first-order valence-corrected chi connectivity index (χ1v) is 7.91. The zero-order chi connectivity index (χ0) is 18.4. The molecule has 0 fully saturated rings. The molecular weight excluding hydrogens is 330 g/mol. The zero-order valence-electron chi connectivity index (χ0n) is 14.1. The van der Waals surface area contributed by atoms with Crippen molar-refractivity contribution in [1.29, 1.82) is 0 Å². The Kier molecular flexibility index (Phi) is 5.19. The zero-order valence-corrected chi connectivity index (χ0v) is 14.1. The molecule has 7 heteroatoms. The fourth-order valence-corrected chi connectivity index (χ4v) is 2.25. The molecule has 130 valence electrons. The van der Waals surface area contributed by atoms with E-state index in [1.807, 2.05) is 0 Å². The summed E-state index contributed by atoms with van der Waals surface area (Å²) in [4.78, 5) is 31.7. The number of benzene rings is 1. The Morgan fingerprint density at radius 2 is 1.92 bits per heavy atom. The molecular formula is C19H17N5O2. The van der Waals surface area contributed by atoms with Crippen molar-refractivity contribution in [3.63, 3.8) is 0 Å². The van der Waals surface area contributed by atoms with Crippen molar-refractivity contribution in [2.45, 2.75) is 0 Å². The number of rotatable bonds is 5. The van der Waals surface area contributed by atoms with E-state index < -0.39 is 0 Å². The molecule has 2 heterocycles. The Morgan fingerprint density at radius 1 is 1.12 bits per heavy atom. The quantitative estimate of drug-likeness (QED) is 0.693. The minimum Gasteiger partial charge on any atom is -0.355 e. The van der Waals surface area contributed by atoms with E-state index >= 15 is 0 Å². The lowest BCUT2D eigenvalue weighted by molar-refractivity contribution is -0.111. The minimum absolute atomic E-state index is 0.148. The fraction of sp³-hybridized carbons (Fsp3) is 0.0526. The molecule has 0 atom stereocenters. The number of nitrogens with one attached hydrogen (secondary N) is 2. The van der Waals surface area contributed by atoms with Crippen molar-refractivity contribution in [2.75, 3.05) is 12.4 Å². The summed E-state index contributed by atoms with van der Waals surface area (Å²) in [6.07, 6.45) is 9.80. The molecule has 0 aliphatic carbocycles. The normalized spacial score (nSPS) is 10.7. The third-order valence-electron chi connectivity index (χ3n) is 3.61. The van der Waals surface area contributed by atoms with Crippen molar-refractivity contribution in [2.24, 2.45) is 0 Å². The molecule has 0 spiro atoms. The minimum atomic E-state index is -0.266. The summed E-state index contributed by atoms with van der Waals surface area (Å²) < 4.78 is 1.77. The number of hydrogen-bond acceptors (Lipinski definition) is 4. The topological polar surface area (TPSA) is 88.9 Å². The third kappa shape index (κ3) is 4.21. The molecule has 0 radical (unpaired) electrons. The molecule has 1 aromatic carbocycles. The molecule has 2 N–H and O–H groups in total. The van der Waals surface area contributed by atoms with Crippen LogP contribution in [0.25, 0.3) is 11.9 Å². The van der Waals surface area contributed by atoms with Crippen LogP contribution in [0.2, 0.25) is 0 Å². The van der Waals surface area contributed by atoms with Crippen LogP contribution in [-0.2, 0) is 4.79 Å². The van der Waals surface area contributed by atoms with E-state index in [2.05, 4.69) is 20.6 Å². The second-order valence-corrected chi connectivity index (χ2v) is 5.40. The molecule has 26 heavy (non-hydrogen) atoms. The summed E-state index contributed by atoms with van der Waals surface area (Å²) in [5, 5.41) is 5.31. The van der Waals surface area contributed by atoms with Crippen LogP contribution < -0.4 is 10.6 Å². The Hall–Kier alpha value is -3.74. The monoisotopic (exact) mass is 347 g/mol. The SMILES string of the molecule is CNC(=O)c1ccc(/C=C/C(=O)Nc2ccc(-n3ccnc3)nc2)cc1. The molecule has 3 aromatic rings. The number of aromatic nitrogens is 3. The molecule has 0 aliphatic heterocycles. The van der Waals surface area contributed by atoms with Gasteiger partial charge in [-0.2, -0.15) is 0 Å². The van der Waals surface area contributed by atoms with Gasteiger partial charge < -0.3 is 10.6 Å². The average Bonchev–Trinajstić information content (AvgIpc) is 3.21. The molecule has 0 saturated heterocycles. The number of nitrogens with zero attached hydrogens (tertiary/aromatic N) is 3. The highest BCUT2D eigenvalue weighted by atomic mass is 16.2. The van der Waals surface area contributed by atoms with E-state index in [1.165, 1.54) is 6.08 Å². The number of pyridine rings is 1. The van der Waals surface area contributed by atoms with Crippen LogP contribution in [0.4, 0.5) is 5.69 Å². The molecule has 0 unspecified atom stereocenters. The lowest BCUT2D eigenvalue weighted by atomic mass is 10.1. The number of imidazole rings is 1. The first-order chi connectivity index (χ1) is 12.7. The van der Waals surface area contributed by atoms with Gasteiger partial charge in [-0.25, -0.2) is 9.97 Å². The molecule has 0 saturated carbocycles. The van der Waals surface area contributed by atoms with Crippen molar-refractivity contribution < 1.29 is 9.59 Å². The van der Waals surface area contributed by atoms with Gasteiger partial charge in [-0.15, -0.1) is 0 Å². The van der Waals surface area contributed by atoms with Crippen molar-refractivity contribution in [3.05, 3.63) is 78.5 Å². The predicted molar refractivity (Wildman–Crippen MR) is 98.9 cm³/mol. The smallest absolute Gasteiger partial charge is 0.251 e. The lowest BCUT2D eigenvalue weighted by Crippen LogP contribution is -2.17.